The van der Waals surface area contributed by atoms with Crippen molar-refractivity contribution in [3.63, 3.8) is 0 Å². The summed E-state index contributed by atoms with van der Waals surface area (Å²) < 4.78 is 5.39. The fraction of sp³-hybridized carbons (Fsp3) is 0.242. The molecule has 0 unspecified atom stereocenters. The SMILES string of the molecule is COc1ccc(-c2ccc(CN(C(=O)CC(C)(C)C)c3nccc4cc(C=CC(=O)O)ccc34)cc2)cc1C. The minimum absolute atomic E-state index is 0.00722. The molecule has 0 spiro atoms. The second kappa shape index (κ2) is 11.5. The van der Waals surface area contributed by atoms with E-state index in [-0.39, 0.29) is 11.3 Å². The maximum Gasteiger partial charge on any atom is 0.328 e. The topological polar surface area (TPSA) is 79.7 Å². The van der Waals surface area contributed by atoms with Crippen LogP contribution in [0.25, 0.3) is 28.0 Å². The molecule has 1 N–H and O–H groups in total. The maximum absolute atomic E-state index is 13.6. The number of carbonyl (C=O) groups is 2. The van der Waals surface area contributed by atoms with Gasteiger partial charge < -0.3 is 9.84 Å². The first-order chi connectivity index (χ1) is 18.5. The van der Waals surface area contributed by atoms with E-state index in [2.05, 4.69) is 23.2 Å². The number of aliphatic carboxylic acids is 1. The molecule has 0 bridgehead atoms. The van der Waals surface area contributed by atoms with Crippen LogP contribution in [0.15, 0.2) is 79.0 Å². The molecule has 4 aromatic rings. The van der Waals surface area contributed by atoms with Crippen molar-refractivity contribution in [2.24, 2.45) is 5.41 Å². The van der Waals surface area contributed by atoms with Crippen molar-refractivity contribution in [3.05, 3.63) is 95.7 Å². The summed E-state index contributed by atoms with van der Waals surface area (Å²) in [5.74, 6) is 0.436. The number of hydrogen-bond donors (Lipinski definition) is 1. The van der Waals surface area contributed by atoms with Crippen molar-refractivity contribution in [1.82, 2.24) is 4.98 Å². The third-order valence-electron chi connectivity index (χ3n) is 6.45. The van der Waals surface area contributed by atoms with Crippen molar-refractivity contribution in [1.29, 1.82) is 0 Å². The maximum atomic E-state index is 13.6. The lowest BCUT2D eigenvalue weighted by Crippen LogP contribution is -2.34. The van der Waals surface area contributed by atoms with E-state index < -0.39 is 5.97 Å². The van der Waals surface area contributed by atoms with Crippen molar-refractivity contribution in [3.8, 4) is 16.9 Å². The molecule has 0 fully saturated rings. The van der Waals surface area contributed by atoms with Gasteiger partial charge in [0.15, 0.2) is 0 Å². The lowest BCUT2D eigenvalue weighted by molar-refractivity contribution is -0.131. The van der Waals surface area contributed by atoms with E-state index in [0.717, 1.165) is 50.4 Å². The van der Waals surface area contributed by atoms with Crippen LogP contribution in [0.2, 0.25) is 0 Å². The summed E-state index contributed by atoms with van der Waals surface area (Å²) in [5.41, 5.74) is 4.82. The van der Waals surface area contributed by atoms with Gasteiger partial charge in [-0.05, 0) is 75.9 Å². The quantitative estimate of drug-likeness (QED) is 0.246. The standard InChI is InChI=1S/C33H34N2O4/c1-22-18-26(12-14-29(22)39-5)25-10-6-24(7-11-25)21-35(30(36)20-33(2,3)4)32-28-13-8-23(9-15-31(37)38)19-27(28)16-17-34-32/h6-19H,20-21H2,1-5H3,(H,37,38). The number of nitrogens with zero attached hydrogens (tertiary/aromatic N) is 2. The normalized spacial score (nSPS) is 11.6. The van der Waals surface area contributed by atoms with Crippen molar-refractivity contribution in [2.45, 2.75) is 40.7 Å². The monoisotopic (exact) mass is 522 g/mol. The highest BCUT2D eigenvalue weighted by molar-refractivity contribution is 6.02. The van der Waals surface area contributed by atoms with Gasteiger partial charge in [0.1, 0.15) is 11.6 Å². The smallest absolute Gasteiger partial charge is 0.328 e. The number of hydrogen-bond acceptors (Lipinski definition) is 4. The van der Waals surface area contributed by atoms with Gasteiger partial charge in [-0.2, -0.15) is 0 Å². The molecule has 1 amide bonds. The number of carboxylic acid groups (broad SMARTS) is 1. The Morgan fingerprint density at radius 1 is 0.974 bits per heavy atom. The Morgan fingerprint density at radius 3 is 2.33 bits per heavy atom. The van der Waals surface area contributed by atoms with E-state index in [1.807, 2.05) is 76.2 Å². The number of ether oxygens (including phenoxy) is 1. The number of fused-ring (bicyclic) bond motifs is 1. The van der Waals surface area contributed by atoms with Crippen LogP contribution in [0.3, 0.4) is 0 Å². The third kappa shape index (κ3) is 6.90. The molecule has 4 rings (SSSR count). The van der Waals surface area contributed by atoms with Crippen molar-refractivity contribution < 1.29 is 19.4 Å². The molecule has 6 heteroatoms. The summed E-state index contributed by atoms with van der Waals surface area (Å²) in [5, 5.41) is 10.7. The predicted octanol–water partition coefficient (Wildman–Crippen LogP) is 7.29. The first-order valence-corrected chi connectivity index (χ1v) is 12.9. The minimum Gasteiger partial charge on any atom is -0.496 e. The number of carbonyl (C=O) groups excluding carboxylic acids is 1. The zero-order valence-corrected chi connectivity index (χ0v) is 23.1. The molecular weight excluding hydrogens is 488 g/mol. The van der Waals surface area contributed by atoms with Crippen LogP contribution in [0.1, 0.15) is 43.9 Å². The number of amides is 1. The average molecular weight is 523 g/mol. The molecule has 39 heavy (non-hydrogen) atoms. The van der Waals surface area contributed by atoms with Gasteiger partial charge in [-0.25, -0.2) is 9.78 Å². The van der Waals surface area contributed by atoms with Gasteiger partial charge in [0.2, 0.25) is 5.91 Å². The number of pyridine rings is 1. The molecule has 0 radical (unpaired) electrons. The Bertz CT molecular complexity index is 1530. The molecule has 0 aliphatic heterocycles. The van der Waals surface area contributed by atoms with Crippen molar-refractivity contribution in [2.75, 3.05) is 12.0 Å². The van der Waals surface area contributed by atoms with Crippen LogP contribution < -0.4 is 9.64 Å². The van der Waals surface area contributed by atoms with Crippen LogP contribution in [0.5, 0.6) is 5.75 Å². The summed E-state index contributed by atoms with van der Waals surface area (Å²) in [6.07, 6.45) is 4.72. The Balaban J connectivity index is 1.69. The Labute approximate surface area is 229 Å². The van der Waals surface area contributed by atoms with E-state index in [9.17, 15) is 9.59 Å². The number of methoxy groups -OCH3 is 1. The first-order valence-electron chi connectivity index (χ1n) is 12.9. The highest BCUT2D eigenvalue weighted by Crippen LogP contribution is 2.31. The lowest BCUT2D eigenvalue weighted by Gasteiger charge is -2.27. The summed E-state index contributed by atoms with van der Waals surface area (Å²) in [6, 6.07) is 21.9. The van der Waals surface area contributed by atoms with Crippen LogP contribution in [0.4, 0.5) is 5.82 Å². The van der Waals surface area contributed by atoms with Gasteiger partial charge in [-0.15, -0.1) is 0 Å². The van der Waals surface area contributed by atoms with Gasteiger partial charge in [-0.1, -0.05) is 63.2 Å². The third-order valence-corrected chi connectivity index (χ3v) is 6.45. The molecule has 0 aliphatic carbocycles. The number of benzene rings is 3. The summed E-state index contributed by atoms with van der Waals surface area (Å²) in [7, 11) is 1.67. The van der Waals surface area contributed by atoms with Crippen LogP contribution in [-0.2, 0) is 16.1 Å². The number of carboxylic acids is 1. The van der Waals surface area contributed by atoms with Gasteiger partial charge in [0.05, 0.1) is 13.7 Å². The van der Waals surface area contributed by atoms with E-state index >= 15 is 0 Å². The van der Waals surface area contributed by atoms with Crippen LogP contribution in [-0.4, -0.2) is 29.1 Å². The summed E-state index contributed by atoms with van der Waals surface area (Å²) >= 11 is 0. The number of rotatable bonds is 8. The van der Waals surface area contributed by atoms with E-state index in [0.29, 0.717) is 18.8 Å². The second-order valence-electron chi connectivity index (χ2n) is 10.9. The molecule has 0 atom stereocenters. The fourth-order valence-corrected chi connectivity index (χ4v) is 4.54. The fourth-order valence-electron chi connectivity index (χ4n) is 4.54. The number of aryl methyl sites for hydroxylation is 1. The number of anilines is 1. The van der Waals surface area contributed by atoms with E-state index in [1.54, 1.807) is 24.3 Å². The zero-order chi connectivity index (χ0) is 28.2. The summed E-state index contributed by atoms with van der Waals surface area (Å²) in [4.78, 5) is 31.0. The Kier molecular flexibility index (Phi) is 8.15. The van der Waals surface area contributed by atoms with Crippen molar-refractivity contribution >= 4 is 34.5 Å². The Hall–Kier alpha value is -4.45. The van der Waals surface area contributed by atoms with E-state index in [4.69, 9.17) is 9.84 Å². The molecule has 0 saturated carbocycles. The molecule has 0 aliphatic rings. The first kappa shape index (κ1) is 27.6. The van der Waals surface area contributed by atoms with Crippen LogP contribution in [0, 0.1) is 12.3 Å². The van der Waals surface area contributed by atoms with Crippen LogP contribution >= 0.6 is 0 Å². The lowest BCUT2D eigenvalue weighted by atomic mass is 9.91. The molecule has 0 saturated heterocycles. The highest BCUT2D eigenvalue weighted by Gasteiger charge is 2.25. The van der Waals surface area contributed by atoms with Gasteiger partial charge in [0.25, 0.3) is 0 Å². The largest absolute Gasteiger partial charge is 0.496 e. The molecular formula is C33H34N2O4. The Morgan fingerprint density at radius 2 is 1.69 bits per heavy atom. The average Bonchev–Trinajstić information content (AvgIpc) is 2.89. The highest BCUT2D eigenvalue weighted by atomic mass is 16.5. The molecule has 1 aromatic heterocycles. The van der Waals surface area contributed by atoms with E-state index in [1.165, 1.54) is 0 Å². The molecule has 6 nitrogen and oxygen atoms in total. The van der Waals surface area contributed by atoms with Gasteiger partial charge >= 0.3 is 5.97 Å². The second-order valence-corrected chi connectivity index (χ2v) is 10.9. The molecule has 3 aromatic carbocycles. The molecule has 200 valence electrons. The summed E-state index contributed by atoms with van der Waals surface area (Å²) in [6.45, 7) is 8.55. The number of aromatic nitrogens is 1. The van der Waals surface area contributed by atoms with Gasteiger partial charge in [-0.3, -0.25) is 9.69 Å². The minimum atomic E-state index is -1.00. The van der Waals surface area contributed by atoms with Gasteiger partial charge in [0, 0.05) is 24.1 Å². The predicted molar refractivity (Wildman–Crippen MR) is 157 cm³/mol. The zero-order valence-electron chi connectivity index (χ0n) is 23.1. The molecule has 1 heterocycles.